The summed E-state index contributed by atoms with van der Waals surface area (Å²) in [6.45, 7) is 0. The van der Waals surface area contributed by atoms with Gasteiger partial charge in [-0.05, 0) is 5.21 Å². The molecular weight excluding hydrogens is 315 g/mol. The second kappa shape index (κ2) is 4.53. The van der Waals surface area contributed by atoms with E-state index in [4.69, 9.17) is 29.4 Å². The van der Waals surface area contributed by atoms with Crippen molar-refractivity contribution in [1.82, 2.24) is 15.4 Å². The maximum atomic E-state index is 11.1. The summed E-state index contributed by atoms with van der Waals surface area (Å²) in [6.07, 6.45) is 0. The van der Waals surface area contributed by atoms with Crippen LogP contribution in [0.2, 0.25) is 0 Å². The van der Waals surface area contributed by atoms with E-state index in [1.807, 2.05) is 0 Å². The van der Waals surface area contributed by atoms with E-state index in [0.717, 1.165) is 0 Å². The quantitative estimate of drug-likeness (QED) is 0.297. The van der Waals surface area contributed by atoms with Gasteiger partial charge in [0.25, 0.3) is 0 Å². The molecule has 0 aliphatic rings. The molecule has 0 radical (unpaired) electrons. The van der Waals surface area contributed by atoms with Gasteiger partial charge in [0.15, 0.2) is 10.9 Å². The summed E-state index contributed by atoms with van der Waals surface area (Å²) in [6, 6.07) is 0. The molecule has 0 bridgehead atoms. The first-order valence-corrected chi connectivity index (χ1v) is 8.60. The molecule has 0 atom stereocenters. The molecule has 102 valence electrons. The number of hydrogen-bond acceptors (Lipinski definition) is 6. The van der Waals surface area contributed by atoms with Gasteiger partial charge >= 0.3 is 22.8 Å². The Kier molecular flexibility index (Phi) is 3.91. The van der Waals surface area contributed by atoms with Crippen molar-refractivity contribution >= 4 is 39.0 Å². The molecule has 1 aromatic rings. The van der Waals surface area contributed by atoms with E-state index in [1.54, 1.807) is 0 Å². The lowest BCUT2D eigenvalue weighted by Crippen LogP contribution is -2.42. The van der Waals surface area contributed by atoms with E-state index in [9.17, 15) is 13.7 Å². The molecule has 15 heteroatoms. The van der Waals surface area contributed by atoms with Crippen LogP contribution in [-0.2, 0) is 13.7 Å². The first-order chi connectivity index (χ1) is 7.85. The summed E-state index contributed by atoms with van der Waals surface area (Å²) in [5.74, 6) is 0. The van der Waals surface area contributed by atoms with Crippen LogP contribution in [0.25, 0.3) is 0 Å². The Labute approximate surface area is 98.2 Å². The topological polar surface area (TPSA) is 211 Å². The molecule has 0 aliphatic carbocycles. The third-order valence-electron chi connectivity index (χ3n) is 1.55. The Bertz CT molecular complexity index is 570. The van der Waals surface area contributed by atoms with Gasteiger partial charge in [0, 0.05) is 0 Å². The summed E-state index contributed by atoms with van der Waals surface area (Å²) in [5.41, 5.74) is -3.05. The number of aromatic nitrogens is 3. The van der Waals surface area contributed by atoms with Crippen molar-refractivity contribution in [3.8, 4) is 0 Å². The van der Waals surface area contributed by atoms with E-state index in [2.05, 4.69) is 15.4 Å². The highest BCUT2D eigenvalue weighted by molar-refractivity contribution is 7.70. The predicted molar refractivity (Wildman–Crippen MR) is 54.9 cm³/mol. The Balaban J connectivity index is 3.85. The fourth-order valence-electron chi connectivity index (χ4n) is 0.955. The minimum atomic E-state index is -5.44. The van der Waals surface area contributed by atoms with Crippen LogP contribution in [0.1, 0.15) is 0 Å². The van der Waals surface area contributed by atoms with Crippen LogP contribution < -0.4 is 16.2 Å². The van der Waals surface area contributed by atoms with Gasteiger partial charge in [-0.1, -0.05) is 0 Å². The first kappa shape index (κ1) is 15.5. The van der Waals surface area contributed by atoms with Gasteiger partial charge in [0.2, 0.25) is 0 Å². The van der Waals surface area contributed by atoms with Gasteiger partial charge in [-0.2, -0.15) is 0 Å². The average molecular weight is 321 g/mol. The number of hydrogen-bond donors (Lipinski definition) is 6. The summed E-state index contributed by atoms with van der Waals surface area (Å²) < 4.78 is 33.0. The van der Waals surface area contributed by atoms with Crippen molar-refractivity contribution in [2.45, 2.75) is 0 Å². The van der Waals surface area contributed by atoms with E-state index in [-0.39, 0.29) is 0 Å². The lowest BCUT2D eigenvalue weighted by molar-refractivity contribution is 0.377. The van der Waals surface area contributed by atoms with Crippen LogP contribution in [0.3, 0.4) is 0 Å². The molecule has 1 aromatic heterocycles. The maximum absolute atomic E-state index is 11.1. The Morgan fingerprint density at radius 1 is 0.667 bits per heavy atom. The highest BCUT2D eigenvalue weighted by Crippen LogP contribution is 2.42. The first-order valence-electron chi connectivity index (χ1n) is 3.77. The molecule has 6 N–H and O–H groups in total. The SMILES string of the molecule is O=P(O)(O)c1nnnc(P(=O)(O)O)c1P(=O)(O)O. The molecule has 12 nitrogen and oxygen atoms in total. The fraction of sp³-hybridized carbons (Fsp3) is 0. The van der Waals surface area contributed by atoms with Crippen LogP contribution in [0.5, 0.6) is 0 Å². The highest BCUT2D eigenvalue weighted by atomic mass is 31.2. The average Bonchev–Trinajstić information content (AvgIpc) is 2.12. The smallest absolute Gasteiger partial charge is 0.321 e. The zero-order valence-electron chi connectivity index (χ0n) is 8.09. The Morgan fingerprint density at radius 3 is 1.22 bits per heavy atom. The summed E-state index contributed by atoms with van der Waals surface area (Å²) in [7, 11) is -16.0. The van der Waals surface area contributed by atoms with Gasteiger partial charge in [0.05, 0.1) is 0 Å². The van der Waals surface area contributed by atoms with Gasteiger partial charge in [-0.3, -0.25) is 13.7 Å². The zero-order valence-corrected chi connectivity index (χ0v) is 10.8. The standard InChI is InChI=1S/C3H6N3O9P3/c7-16(8,9)1-2(17(10,11)12)4-6-5-3(1)18(13,14)15/h(H2,7,8,9)(H2,10,11,12)(H2,13,14,15). The van der Waals surface area contributed by atoms with Crippen molar-refractivity contribution in [2.24, 2.45) is 0 Å². The van der Waals surface area contributed by atoms with Gasteiger partial charge < -0.3 is 29.4 Å². The van der Waals surface area contributed by atoms with Crippen LogP contribution in [0.4, 0.5) is 0 Å². The molecule has 18 heavy (non-hydrogen) atoms. The monoisotopic (exact) mass is 321 g/mol. The molecular formula is C3H6N3O9P3. The van der Waals surface area contributed by atoms with E-state index >= 15 is 0 Å². The summed E-state index contributed by atoms with van der Waals surface area (Å²) >= 11 is 0. The summed E-state index contributed by atoms with van der Waals surface area (Å²) in [5, 5.41) is 6.51. The maximum Gasteiger partial charge on any atom is 0.377 e. The van der Waals surface area contributed by atoms with Gasteiger partial charge in [-0.25, -0.2) is 0 Å². The molecule has 0 fully saturated rings. The predicted octanol–water partition coefficient (Wildman–Crippen LogP) is -3.72. The third kappa shape index (κ3) is 3.27. The highest BCUT2D eigenvalue weighted by Gasteiger charge is 2.41. The van der Waals surface area contributed by atoms with Crippen LogP contribution in [0.15, 0.2) is 0 Å². The summed E-state index contributed by atoms with van der Waals surface area (Å²) in [4.78, 5) is 53.0. The van der Waals surface area contributed by atoms with Crippen LogP contribution in [-0.4, -0.2) is 44.8 Å². The van der Waals surface area contributed by atoms with Crippen molar-refractivity contribution in [1.29, 1.82) is 0 Å². The Hall–Kier alpha value is -0.540. The van der Waals surface area contributed by atoms with Crippen molar-refractivity contribution in [3.05, 3.63) is 0 Å². The van der Waals surface area contributed by atoms with Gasteiger partial charge in [-0.15, -0.1) is 10.2 Å². The molecule has 0 saturated carbocycles. The van der Waals surface area contributed by atoms with E-state index in [1.165, 1.54) is 0 Å². The molecule has 0 aliphatic heterocycles. The molecule has 0 aromatic carbocycles. The third-order valence-corrected chi connectivity index (χ3v) is 4.63. The van der Waals surface area contributed by atoms with E-state index in [0.29, 0.717) is 0 Å². The second-order valence-electron chi connectivity index (χ2n) is 2.92. The molecule has 0 amide bonds. The normalized spacial score (nSPS) is 13.7. The molecule has 1 rings (SSSR count). The zero-order chi connectivity index (χ0) is 14.4. The minimum absolute atomic E-state index is 1.52. The lowest BCUT2D eigenvalue weighted by atomic mass is 10.7. The fourth-order valence-corrected chi connectivity index (χ4v) is 4.29. The largest absolute Gasteiger partial charge is 0.377 e. The molecule has 1 heterocycles. The van der Waals surface area contributed by atoms with Crippen LogP contribution in [0, 0.1) is 0 Å². The number of rotatable bonds is 3. The van der Waals surface area contributed by atoms with Crippen LogP contribution >= 0.6 is 22.8 Å². The van der Waals surface area contributed by atoms with Crippen molar-refractivity contribution in [2.75, 3.05) is 0 Å². The molecule has 0 saturated heterocycles. The molecule has 0 unspecified atom stereocenters. The minimum Gasteiger partial charge on any atom is -0.321 e. The Morgan fingerprint density at radius 2 is 1.00 bits per heavy atom. The lowest BCUT2D eigenvalue weighted by Gasteiger charge is -2.13. The van der Waals surface area contributed by atoms with Gasteiger partial charge in [0.1, 0.15) is 5.30 Å². The van der Waals surface area contributed by atoms with E-state index < -0.39 is 39.0 Å². The van der Waals surface area contributed by atoms with Crippen molar-refractivity contribution in [3.63, 3.8) is 0 Å². The van der Waals surface area contributed by atoms with Crippen molar-refractivity contribution < 1.29 is 43.1 Å². The second-order valence-corrected chi connectivity index (χ2v) is 7.48. The molecule has 0 spiro atoms. The number of nitrogens with zero attached hydrogens (tertiary/aromatic N) is 3.